The average molecular weight is 285 g/mol. The minimum absolute atomic E-state index is 0.547. The van der Waals surface area contributed by atoms with Gasteiger partial charge in [-0.25, -0.2) is 0 Å². The molecule has 21 heavy (non-hydrogen) atoms. The van der Waals surface area contributed by atoms with E-state index >= 15 is 0 Å². The summed E-state index contributed by atoms with van der Waals surface area (Å²) in [6.45, 7) is 9.54. The zero-order valence-corrected chi connectivity index (χ0v) is 14.0. The van der Waals surface area contributed by atoms with Crippen LogP contribution in [0.5, 0.6) is 0 Å². The van der Waals surface area contributed by atoms with Crippen LogP contribution in [-0.4, -0.2) is 13.1 Å². The van der Waals surface area contributed by atoms with Gasteiger partial charge in [-0.15, -0.1) is 0 Å². The molecule has 0 bridgehead atoms. The van der Waals surface area contributed by atoms with E-state index < -0.39 is 0 Å². The number of aryl methyl sites for hydroxylation is 1. The number of nitrogens with one attached hydrogen (secondary N) is 1. The lowest BCUT2D eigenvalue weighted by Crippen LogP contribution is -2.43. The lowest BCUT2D eigenvalue weighted by molar-refractivity contribution is 0.131. The zero-order valence-electron chi connectivity index (χ0n) is 14.0. The maximum atomic E-state index is 3.67. The molecule has 1 aromatic rings. The first-order valence-electron chi connectivity index (χ1n) is 8.78. The van der Waals surface area contributed by atoms with E-state index in [1.54, 1.807) is 5.56 Å². The number of rotatable bonds is 1. The van der Waals surface area contributed by atoms with Crippen molar-refractivity contribution in [2.24, 2.45) is 10.8 Å². The van der Waals surface area contributed by atoms with Crippen molar-refractivity contribution in [2.45, 2.75) is 65.2 Å². The number of benzene rings is 1. The quantitative estimate of drug-likeness (QED) is 0.761. The Morgan fingerprint density at radius 3 is 2.71 bits per heavy atom. The molecule has 116 valence electrons. The standard InChI is InChI=1S/C20H31N/c1-16-6-4-7-17(14-16)18-15-21-13-12-20(18)9-5-8-19(2,3)10-11-20/h4,6-7,14,18,21H,5,8-13,15H2,1-3H3. The Morgan fingerprint density at radius 1 is 1.05 bits per heavy atom. The summed E-state index contributed by atoms with van der Waals surface area (Å²) in [5.41, 5.74) is 4.07. The molecule has 0 aromatic heterocycles. The second-order valence-electron chi connectivity index (χ2n) is 8.30. The van der Waals surface area contributed by atoms with Crippen LogP contribution in [0.15, 0.2) is 24.3 Å². The van der Waals surface area contributed by atoms with Crippen molar-refractivity contribution in [1.29, 1.82) is 0 Å². The molecule has 2 aliphatic rings. The molecule has 3 rings (SSSR count). The predicted molar refractivity (Wildman–Crippen MR) is 90.7 cm³/mol. The normalized spacial score (nSPS) is 32.8. The van der Waals surface area contributed by atoms with Crippen molar-refractivity contribution >= 4 is 0 Å². The first-order chi connectivity index (χ1) is 10.0. The summed E-state index contributed by atoms with van der Waals surface area (Å²) >= 11 is 0. The fourth-order valence-corrected chi connectivity index (χ4v) is 4.69. The molecule has 2 unspecified atom stereocenters. The van der Waals surface area contributed by atoms with Gasteiger partial charge in [-0.05, 0) is 62.0 Å². The molecule has 1 heteroatoms. The molecule has 1 aliphatic carbocycles. The van der Waals surface area contributed by atoms with Crippen LogP contribution in [0.1, 0.15) is 69.4 Å². The monoisotopic (exact) mass is 285 g/mol. The summed E-state index contributed by atoms with van der Waals surface area (Å²) in [4.78, 5) is 0. The van der Waals surface area contributed by atoms with Gasteiger partial charge in [-0.3, -0.25) is 0 Å². The number of piperidine rings is 1. The molecule has 0 radical (unpaired) electrons. The average Bonchev–Trinajstić information content (AvgIpc) is 2.59. The Morgan fingerprint density at radius 2 is 1.90 bits per heavy atom. The zero-order chi connectivity index (χ0) is 14.9. The highest BCUT2D eigenvalue weighted by molar-refractivity contribution is 5.28. The Kier molecular flexibility index (Phi) is 4.14. The Hall–Kier alpha value is -0.820. The molecule has 2 atom stereocenters. The lowest BCUT2D eigenvalue weighted by Gasteiger charge is -2.45. The van der Waals surface area contributed by atoms with Crippen LogP contribution in [-0.2, 0) is 0 Å². The molecule has 1 spiro atoms. The third kappa shape index (κ3) is 3.18. The van der Waals surface area contributed by atoms with Gasteiger partial charge in [0.2, 0.25) is 0 Å². The molecule has 1 N–H and O–H groups in total. The summed E-state index contributed by atoms with van der Waals surface area (Å²) in [5, 5.41) is 3.67. The lowest BCUT2D eigenvalue weighted by atomic mass is 9.63. The second-order valence-corrected chi connectivity index (χ2v) is 8.30. The van der Waals surface area contributed by atoms with Gasteiger partial charge in [-0.1, -0.05) is 50.1 Å². The SMILES string of the molecule is Cc1cccc(C2CNCCC23CCCC(C)(C)CC3)c1. The van der Waals surface area contributed by atoms with Gasteiger partial charge < -0.3 is 5.32 Å². The third-order valence-corrected chi connectivity index (χ3v) is 6.16. The molecule has 1 heterocycles. The second kappa shape index (κ2) is 5.76. The topological polar surface area (TPSA) is 12.0 Å². The van der Waals surface area contributed by atoms with Crippen LogP contribution >= 0.6 is 0 Å². The van der Waals surface area contributed by atoms with Gasteiger partial charge in [0.05, 0.1) is 0 Å². The van der Waals surface area contributed by atoms with Gasteiger partial charge in [0, 0.05) is 12.5 Å². The molecular weight excluding hydrogens is 254 g/mol. The summed E-state index contributed by atoms with van der Waals surface area (Å²) in [5.74, 6) is 0.708. The molecular formula is C20H31N. The fourth-order valence-electron chi connectivity index (χ4n) is 4.69. The number of hydrogen-bond donors (Lipinski definition) is 1. The van der Waals surface area contributed by atoms with Crippen LogP contribution < -0.4 is 5.32 Å². The van der Waals surface area contributed by atoms with Crippen LogP contribution in [0, 0.1) is 17.8 Å². The molecule has 1 aromatic carbocycles. The minimum Gasteiger partial charge on any atom is -0.316 e. The Balaban J connectivity index is 1.90. The highest BCUT2D eigenvalue weighted by atomic mass is 14.9. The Bertz CT molecular complexity index is 490. The fraction of sp³-hybridized carbons (Fsp3) is 0.700. The highest BCUT2D eigenvalue weighted by Crippen LogP contribution is 2.52. The van der Waals surface area contributed by atoms with E-state index in [9.17, 15) is 0 Å². The number of hydrogen-bond acceptors (Lipinski definition) is 1. The van der Waals surface area contributed by atoms with Gasteiger partial charge in [0.15, 0.2) is 0 Å². The van der Waals surface area contributed by atoms with Gasteiger partial charge in [0.25, 0.3) is 0 Å². The maximum absolute atomic E-state index is 3.67. The molecule has 0 amide bonds. The molecule has 1 aliphatic heterocycles. The van der Waals surface area contributed by atoms with Crippen molar-refractivity contribution in [3.05, 3.63) is 35.4 Å². The van der Waals surface area contributed by atoms with Gasteiger partial charge in [0.1, 0.15) is 0 Å². The van der Waals surface area contributed by atoms with Crippen molar-refractivity contribution in [3.63, 3.8) is 0 Å². The van der Waals surface area contributed by atoms with Crippen molar-refractivity contribution in [2.75, 3.05) is 13.1 Å². The molecule has 2 fully saturated rings. The summed E-state index contributed by atoms with van der Waals surface area (Å²) in [6.07, 6.45) is 8.42. The van der Waals surface area contributed by atoms with Crippen molar-refractivity contribution in [1.82, 2.24) is 5.32 Å². The Labute approximate surface area is 130 Å². The van der Waals surface area contributed by atoms with E-state index in [4.69, 9.17) is 0 Å². The summed E-state index contributed by atoms with van der Waals surface area (Å²) in [7, 11) is 0. The first kappa shape index (κ1) is 15.1. The molecule has 1 saturated heterocycles. The van der Waals surface area contributed by atoms with E-state index in [2.05, 4.69) is 50.4 Å². The van der Waals surface area contributed by atoms with Crippen LogP contribution in [0.3, 0.4) is 0 Å². The predicted octanol–water partition coefficient (Wildman–Crippen LogP) is 5.05. The van der Waals surface area contributed by atoms with Gasteiger partial charge in [-0.2, -0.15) is 0 Å². The van der Waals surface area contributed by atoms with E-state index in [-0.39, 0.29) is 0 Å². The third-order valence-electron chi connectivity index (χ3n) is 6.16. The van der Waals surface area contributed by atoms with Crippen LogP contribution in [0.4, 0.5) is 0 Å². The minimum atomic E-state index is 0.547. The van der Waals surface area contributed by atoms with E-state index in [1.165, 1.54) is 57.2 Å². The highest BCUT2D eigenvalue weighted by Gasteiger charge is 2.43. The smallest absolute Gasteiger partial charge is 0.00255 e. The van der Waals surface area contributed by atoms with Crippen LogP contribution in [0.25, 0.3) is 0 Å². The largest absolute Gasteiger partial charge is 0.316 e. The summed E-state index contributed by atoms with van der Waals surface area (Å²) in [6, 6.07) is 9.26. The van der Waals surface area contributed by atoms with E-state index in [0.29, 0.717) is 16.7 Å². The van der Waals surface area contributed by atoms with E-state index in [1.807, 2.05) is 0 Å². The molecule has 1 saturated carbocycles. The maximum Gasteiger partial charge on any atom is 0.00255 e. The van der Waals surface area contributed by atoms with Crippen LogP contribution in [0.2, 0.25) is 0 Å². The molecule has 1 nitrogen and oxygen atoms in total. The van der Waals surface area contributed by atoms with Gasteiger partial charge >= 0.3 is 0 Å². The van der Waals surface area contributed by atoms with E-state index in [0.717, 1.165) is 0 Å². The first-order valence-corrected chi connectivity index (χ1v) is 8.78. The van der Waals surface area contributed by atoms with Crippen molar-refractivity contribution < 1.29 is 0 Å². The van der Waals surface area contributed by atoms with Crippen molar-refractivity contribution in [3.8, 4) is 0 Å². The summed E-state index contributed by atoms with van der Waals surface area (Å²) < 4.78 is 0.